The van der Waals surface area contributed by atoms with E-state index in [0.29, 0.717) is 36.0 Å². The zero-order valence-electron chi connectivity index (χ0n) is 8.75. The molecule has 0 saturated carbocycles. The number of aromatic nitrogens is 2. The van der Waals surface area contributed by atoms with Crippen molar-refractivity contribution in [3.05, 3.63) is 34.2 Å². The highest BCUT2D eigenvalue weighted by molar-refractivity contribution is 5.98. The Morgan fingerprint density at radius 3 is 2.75 bits per heavy atom. The Morgan fingerprint density at radius 1 is 1.25 bits per heavy atom. The van der Waals surface area contributed by atoms with E-state index in [-0.39, 0.29) is 11.5 Å². The van der Waals surface area contributed by atoms with Crippen molar-refractivity contribution < 1.29 is 4.79 Å². The van der Waals surface area contributed by atoms with Gasteiger partial charge in [-0.2, -0.15) is 0 Å². The third kappa shape index (κ3) is 2.04. The molecule has 0 atom stereocenters. The summed E-state index contributed by atoms with van der Waals surface area (Å²) >= 11 is 0. The van der Waals surface area contributed by atoms with Crippen LogP contribution < -0.4 is 11.4 Å². The molecule has 5 nitrogen and oxygen atoms in total. The van der Waals surface area contributed by atoms with Gasteiger partial charge in [-0.3, -0.25) is 4.79 Å². The number of benzene rings is 1. The first kappa shape index (κ1) is 10.6. The summed E-state index contributed by atoms with van der Waals surface area (Å²) < 4.78 is 0. The number of rotatable bonds is 4. The molecule has 1 aromatic carbocycles. The maximum Gasteiger partial charge on any atom is 0.323 e. The molecule has 2 aromatic rings. The normalized spacial score (nSPS) is 10.8. The summed E-state index contributed by atoms with van der Waals surface area (Å²) in [6.45, 7) is 0.509. The van der Waals surface area contributed by atoms with Gasteiger partial charge in [0.2, 0.25) is 0 Å². The molecule has 2 rings (SSSR count). The summed E-state index contributed by atoms with van der Waals surface area (Å²) in [7, 11) is 0. The highest BCUT2D eigenvalue weighted by Crippen LogP contribution is 2.12. The first-order chi connectivity index (χ1) is 7.70. The van der Waals surface area contributed by atoms with Crippen molar-refractivity contribution in [3.8, 4) is 0 Å². The van der Waals surface area contributed by atoms with Crippen LogP contribution >= 0.6 is 0 Å². The Morgan fingerprint density at radius 2 is 2.00 bits per heavy atom. The van der Waals surface area contributed by atoms with E-state index in [1.807, 2.05) is 0 Å². The highest BCUT2D eigenvalue weighted by atomic mass is 16.1. The van der Waals surface area contributed by atoms with Crippen molar-refractivity contribution in [2.45, 2.75) is 12.8 Å². The third-order valence-corrected chi connectivity index (χ3v) is 2.45. The largest absolute Gasteiger partial charge is 0.330 e. The highest BCUT2D eigenvalue weighted by Gasteiger charge is 2.07. The minimum atomic E-state index is -0.262. The second-order valence-corrected chi connectivity index (χ2v) is 3.65. The van der Waals surface area contributed by atoms with Crippen molar-refractivity contribution in [3.63, 3.8) is 0 Å². The molecule has 0 amide bonds. The molecular weight excluding hydrogens is 206 g/mol. The van der Waals surface area contributed by atoms with E-state index in [1.54, 1.807) is 18.2 Å². The molecule has 0 radical (unpaired) electrons. The van der Waals surface area contributed by atoms with E-state index < -0.39 is 0 Å². The molecule has 0 aliphatic heterocycles. The van der Waals surface area contributed by atoms with Crippen molar-refractivity contribution in [1.29, 1.82) is 0 Å². The average molecular weight is 219 g/mol. The van der Waals surface area contributed by atoms with Crippen molar-refractivity contribution >= 4 is 16.8 Å². The summed E-state index contributed by atoms with van der Waals surface area (Å²) in [6, 6.07) is 5.12. The molecule has 4 N–H and O–H groups in total. The Balaban J connectivity index is 2.31. The standard InChI is InChI=1S/C11H13N3O2/c12-5-1-2-10(15)7-3-4-8-9(6-7)14-11(16)13-8/h3-4,6H,1-2,5,12H2,(H2,13,14,16). The molecule has 0 unspecified atom stereocenters. The monoisotopic (exact) mass is 219 g/mol. The smallest absolute Gasteiger partial charge is 0.323 e. The van der Waals surface area contributed by atoms with Crippen LogP contribution in [0.3, 0.4) is 0 Å². The van der Waals surface area contributed by atoms with Crippen LogP contribution in [0.25, 0.3) is 11.0 Å². The van der Waals surface area contributed by atoms with Crippen LogP contribution in [0.15, 0.2) is 23.0 Å². The van der Waals surface area contributed by atoms with Gasteiger partial charge in [0.15, 0.2) is 5.78 Å². The zero-order chi connectivity index (χ0) is 11.5. The van der Waals surface area contributed by atoms with E-state index in [2.05, 4.69) is 9.97 Å². The van der Waals surface area contributed by atoms with E-state index >= 15 is 0 Å². The van der Waals surface area contributed by atoms with Gasteiger partial charge in [0.1, 0.15) is 0 Å². The van der Waals surface area contributed by atoms with E-state index in [1.165, 1.54) is 0 Å². The number of imidazole rings is 1. The van der Waals surface area contributed by atoms with Crippen LogP contribution in [0.2, 0.25) is 0 Å². The van der Waals surface area contributed by atoms with Crippen LogP contribution in [-0.4, -0.2) is 22.3 Å². The van der Waals surface area contributed by atoms with Gasteiger partial charge < -0.3 is 15.7 Å². The second kappa shape index (κ2) is 4.32. The molecule has 0 spiro atoms. The number of H-pyrrole nitrogens is 2. The van der Waals surface area contributed by atoms with Gasteiger partial charge in [-0.15, -0.1) is 0 Å². The van der Waals surface area contributed by atoms with Crippen LogP contribution in [0, 0.1) is 0 Å². The zero-order valence-corrected chi connectivity index (χ0v) is 8.75. The quantitative estimate of drug-likeness (QED) is 0.663. The molecule has 1 heterocycles. The molecule has 0 saturated heterocycles. The van der Waals surface area contributed by atoms with Crippen LogP contribution in [-0.2, 0) is 0 Å². The summed E-state index contributed by atoms with van der Waals surface area (Å²) in [5.74, 6) is 0.0504. The minimum absolute atomic E-state index is 0.0504. The average Bonchev–Trinajstić information content (AvgIpc) is 2.64. The number of nitrogens with one attached hydrogen (secondary N) is 2. The molecule has 0 aliphatic carbocycles. The summed E-state index contributed by atoms with van der Waals surface area (Å²) in [5.41, 5.74) is 7.05. The third-order valence-electron chi connectivity index (χ3n) is 2.45. The van der Waals surface area contributed by atoms with Crippen molar-refractivity contribution in [2.24, 2.45) is 5.73 Å². The number of carbonyl (C=O) groups is 1. The number of Topliss-reactive ketones (excluding diaryl/α,β-unsaturated/α-hetero) is 1. The van der Waals surface area contributed by atoms with Gasteiger partial charge in [0, 0.05) is 12.0 Å². The van der Waals surface area contributed by atoms with Gasteiger partial charge >= 0.3 is 5.69 Å². The predicted molar refractivity (Wildman–Crippen MR) is 61.5 cm³/mol. The lowest BCUT2D eigenvalue weighted by molar-refractivity contribution is 0.0981. The molecule has 0 fully saturated rings. The Kier molecular flexibility index (Phi) is 2.87. The molecule has 84 valence electrons. The van der Waals surface area contributed by atoms with Crippen molar-refractivity contribution in [1.82, 2.24) is 9.97 Å². The fraction of sp³-hybridized carbons (Fsp3) is 0.273. The molecule has 1 aromatic heterocycles. The maximum absolute atomic E-state index is 11.7. The Hall–Kier alpha value is -1.88. The maximum atomic E-state index is 11.7. The van der Waals surface area contributed by atoms with Gasteiger partial charge in [-0.25, -0.2) is 4.79 Å². The molecule has 5 heteroatoms. The molecule has 16 heavy (non-hydrogen) atoms. The van der Waals surface area contributed by atoms with E-state index in [0.717, 1.165) is 0 Å². The van der Waals surface area contributed by atoms with Crippen molar-refractivity contribution in [2.75, 3.05) is 6.54 Å². The van der Waals surface area contributed by atoms with E-state index in [9.17, 15) is 9.59 Å². The van der Waals surface area contributed by atoms with E-state index in [4.69, 9.17) is 5.73 Å². The fourth-order valence-electron chi connectivity index (χ4n) is 1.61. The topological polar surface area (TPSA) is 91.7 Å². The van der Waals surface area contributed by atoms with Crippen LogP contribution in [0.5, 0.6) is 0 Å². The first-order valence-corrected chi connectivity index (χ1v) is 5.16. The predicted octanol–water partition coefficient (Wildman–Crippen LogP) is 0.778. The lowest BCUT2D eigenvalue weighted by Crippen LogP contribution is -2.04. The fourth-order valence-corrected chi connectivity index (χ4v) is 1.61. The number of aromatic amines is 2. The van der Waals surface area contributed by atoms with Crippen LogP contribution in [0.1, 0.15) is 23.2 Å². The lowest BCUT2D eigenvalue weighted by Gasteiger charge is -1.99. The summed E-state index contributed by atoms with van der Waals surface area (Å²) in [4.78, 5) is 28.0. The summed E-state index contributed by atoms with van der Waals surface area (Å²) in [6.07, 6.45) is 1.12. The van der Waals surface area contributed by atoms with Gasteiger partial charge in [-0.1, -0.05) is 0 Å². The number of carbonyl (C=O) groups excluding carboxylic acids is 1. The number of nitrogens with two attached hydrogens (primary N) is 1. The number of ketones is 1. The van der Waals surface area contributed by atoms with Gasteiger partial charge in [-0.05, 0) is 31.2 Å². The molecule has 0 bridgehead atoms. The lowest BCUT2D eigenvalue weighted by atomic mass is 10.1. The summed E-state index contributed by atoms with van der Waals surface area (Å²) in [5, 5.41) is 0. The number of hydrogen-bond acceptors (Lipinski definition) is 3. The number of fused-ring (bicyclic) bond motifs is 1. The second-order valence-electron chi connectivity index (χ2n) is 3.65. The first-order valence-electron chi connectivity index (χ1n) is 5.16. The molecular formula is C11H13N3O2. The van der Waals surface area contributed by atoms with Gasteiger partial charge in [0.05, 0.1) is 11.0 Å². The Bertz CT molecular complexity index is 568. The van der Waals surface area contributed by atoms with Gasteiger partial charge in [0.25, 0.3) is 0 Å². The molecule has 0 aliphatic rings. The minimum Gasteiger partial charge on any atom is -0.330 e. The van der Waals surface area contributed by atoms with Crippen LogP contribution in [0.4, 0.5) is 0 Å². The SMILES string of the molecule is NCCCC(=O)c1ccc2[nH]c(=O)[nH]c2c1. The number of hydrogen-bond donors (Lipinski definition) is 3. The Labute approximate surface area is 91.7 Å².